The van der Waals surface area contributed by atoms with Crippen molar-refractivity contribution >= 4 is 23.4 Å². The summed E-state index contributed by atoms with van der Waals surface area (Å²) in [6, 6.07) is 3.66. The Bertz CT molecular complexity index is 755. The topological polar surface area (TPSA) is 58.2 Å². The fourth-order valence-electron chi connectivity index (χ4n) is 3.62. The van der Waals surface area contributed by atoms with Crippen LogP contribution in [0.5, 0.6) is 0 Å². The molecule has 0 heterocycles. The van der Waals surface area contributed by atoms with E-state index in [1.54, 1.807) is 0 Å². The van der Waals surface area contributed by atoms with Crippen LogP contribution in [0.25, 0.3) is 0 Å². The molecule has 2 N–H and O–H groups in total. The Morgan fingerprint density at radius 2 is 1.88 bits per heavy atom. The SMILES string of the molecule is Cc1cc(C(=O)NC2(CNC(=O)C3CC3(C)C(C)C)CC2)c(C)cc1Cl. The number of amides is 2. The standard InChI is InChI=1S/C21H29ClN2O2/c1-12(2)20(5)10-16(20)19(26)23-11-21(6-7-21)24-18(25)15-8-14(4)17(22)9-13(15)3/h8-9,12,16H,6-7,10-11H2,1-5H3,(H,23,26)(H,24,25). The third-order valence-electron chi connectivity index (χ3n) is 6.50. The molecule has 4 nitrogen and oxygen atoms in total. The molecule has 26 heavy (non-hydrogen) atoms. The van der Waals surface area contributed by atoms with Crippen LogP contribution in [-0.4, -0.2) is 23.9 Å². The highest BCUT2D eigenvalue weighted by molar-refractivity contribution is 6.31. The van der Waals surface area contributed by atoms with Gasteiger partial charge in [0.2, 0.25) is 5.91 Å². The molecule has 2 atom stereocenters. The summed E-state index contributed by atoms with van der Waals surface area (Å²) in [5.74, 6) is 0.645. The highest BCUT2D eigenvalue weighted by Crippen LogP contribution is 2.57. The smallest absolute Gasteiger partial charge is 0.252 e. The Balaban J connectivity index is 1.58. The summed E-state index contributed by atoms with van der Waals surface area (Å²) in [6.07, 6.45) is 2.76. The van der Waals surface area contributed by atoms with E-state index in [1.165, 1.54) is 0 Å². The van der Waals surface area contributed by atoms with Gasteiger partial charge in [0, 0.05) is 23.0 Å². The van der Waals surface area contributed by atoms with Gasteiger partial charge in [0.15, 0.2) is 0 Å². The zero-order valence-corrected chi connectivity index (χ0v) is 17.1. The van der Waals surface area contributed by atoms with Crippen molar-refractivity contribution in [2.24, 2.45) is 17.3 Å². The molecule has 1 aromatic carbocycles. The van der Waals surface area contributed by atoms with Crippen LogP contribution in [-0.2, 0) is 4.79 Å². The number of carbonyl (C=O) groups excluding carboxylic acids is 2. The molecule has 0 aromatic heterocycles. The van der Waals surface area contributed by atoms with E-state index in [1.807, 2.05) is 26.0 Å². The summed E-state index contributed by atoms with van der Waals surface area (Å²) >= 11 is 6.12. The summed E-state index contributed by atoms with van der Waals surface area (Å²) in [5.41, 5.74) is 2.24. The maximum absolute atomic E-state index is 12.7. The average molecular weight is 377 g/mol. The number of nitrogens with one attached hydrogen (secondary N) is 2. The second-order valence-electron chi connectivity index (χ2n) is 8.79. The predicted octanol–water partition coefficient (Wildman–Crippen LogP) is 4.02. The van der Waals surface area contributed by atoms with E-state index < -0.39 is 0 Å². The van der Waals surface area contributed by atoms with Crippen molar-refractivity contribution in [2.75, 3.05) is 6.54 Å². The molecule has 0 spiro atoms. The molecule has 0 bridgehead atoms. The van der Waals surface area contributed by atoms with Crippen LogP contribution >= 0.6 is 11.6 Å². The van der Waals surface area contributed by atoms with E-state index >= 15 is 0 Å². The van der Waals surface area contributed by atoms with E-state index in [0.717, 1.165) is 30.4 Å². The van der Waals surface area contributed by atoms with Crippen molar-refractivity contribution in [3.8, 4) is 0 Å². The van der Waals surface area contributed by atoms with E-state index in [9.17, 15) is 9.59 Å². The Morgan fingerprint density at radius 3 is 2.42 bits per heavy atom. The first-order valence-electron chi connectivity index (χ1n) is 9.45. The number of benzene rings is 1. The Kier molecular flexibility index (Phi) is 4.85. The van der Waals surface area contributed by atoms with Gasteiger partial charge in [-0.05, 0) is 67.7 Å². The van der Waals surface area contributed by atoms with Gasteiger partial charge in [0.1, 0.15) is 0 Å². The Hall–Kier alpha value is -1.55. The first-order valence-corrected chi connectivity index (χ1v) is 9.83. The molecule has 5 heteroatoms. The van der Waals surface area contributed by atoms with Crippen LogP contribution in [0.1, 0.15) is 61.5 Å². The zero-order valence-electron chi connectivity index (χ0n) is 16.3. The lowest BCUT2D eigenvalue weighted by Crippen LogP contribution is -2.46. The molecular weight excluding hydrogens is 348 g/mol. The van der Waals surface area contributed by atoms with Gasteiger partial charge < -0.3 is 10.6 Å². The zero-order chi connectivity index (χ0) is 19.3. The van der Waals surface area contributed by atoms with Crippen molar-refractivity contribution in [1.82, 2.24) is 10.6 Å². The lowest BCUT2D eigenvalue weighted by atomic mass is 9.92. The van der Waals surface area contributed by atoms with E-state index in [2.05, 4.69) is 31.4 Å². The fraction of sp³-hybridized carbons (Fsp3) is 0.619. The lowest BCUT2D eigenvalue weighted by Gasteiger charge is -2.20. The van der Waals surface area contributed by atoms with E-state index in [0.29, 0.717) is 23.0 Å². The average Bonchev–Trinajstić information content (AvgIpc) is 3.46. The number of rotatable bonds is 6. The van der Waals surface area contributed by atoms with Gasteiger partial charge in [-0.3, -0.25) is 9.59 Å². The molecular formula is C21H29ClN2O2. The summed E-state index contributed by atoms with van der Waals surface area (Å²) < 4.78 is 0. The molecule has 142 valence electrons. The van der Waals surface area contributed by atoms with Crippen LogP contribution in [0.4, 0.5) is 0 Å². The molecule has 3 rings (SSSR count). The lowest BCUT2D eigenvalue weighted by molar-refractivity contribution is -0.123. The first kappa shape index (κ1) is 19.2. The number of aryl methyl sites for hydroxylation is 2. The van der Waals surface area contributed by atoms with Gasteiger partial charge in [-0.1, -0.05) is 32.4 Å². The van der Waals surface area contributed by atoms with Crippen LogP contribution in [0, 0.1) is 31.1 Å². The van der Waals surface area contributed by atoms with Crippen molar-refractivity contribution in [2.45, 2.75) is 59.4 Å². The second kappa shape index (κ2) is 6.56. The quantitative estimate of drug-likeness (QED) is 0.787. The normalized spacial score (nSPS) is 25.7. The van der Waals surface area contributed by atoms with Crippen molar-refractivity contribution in [3.63, 3.8) is 0 Å². The van der Waals surface area contributed by atoms with Gasteiger partial charge >= 0.3 is 0 Å². The molecule has 2 amide bonds. The minimum absolute atomic E-state index is 0.0903. The van der Waals surface area contributed by atoms with Crippen molar-refractivity contribution in [3.05, 3.63) is 33.8 Å². The second-order valence-corrected chi connectivity index (χ2v) is 9.19. The number of hydrogen-bond acceptors (Lipinski definition) is 2. The molecule has 1 aromatic rings. The minimum Gasteiger partial charge on any atom is -0.353 e. The maximum atomic E-state index is 12.7. The summed E-state index contributed by atoms with van der Waals surface area (Å²) in [4.78, 5) is 25.2. The van der Waals surface area contributed by atoms with E-state index in [-0.39, 0.29) is 28.7 Å². The van der Waals surface area contributed by atoms with Crippen LogP contribution in [0.3, 0.4) is 0 Å². The number of carbonyl (C=O) groups is 2. The summed E-state index contributed by atoms with van der Waals surface area (Å²) in [6.45, 7) is 10.8. The van der Waals surface area contributed by atoms with Crippen molar-refractivity contribution in [1.29, 1.82) is 0 Å². The molecule has 0 radical (unpaired) electrons. The number of halogens is 1. The van der Waals surface area contributed by atoms with E-state index in [4.69, 9.17) is 11.6 Å². The van der Waals surface area contributed by atoms with Crippen LogP contribution in [0.2, 0.25) is 5.02 Å². The molecule has 2 aliphatic rings. The largest absolute Gasteiger partial charge is 0.353 e. The highest BCUT2D eigenvalue weighted by Gasteiger charge is 2.56. The van der Waals surface area contributed by atoms with Gasteiger partial charge in [-0.2, -0.15) is 0 Å². The summed E-state index contributed by atoms with van der Waals surface area (Å²) in [5, 5.41) is 6.88. The summed E-state index contributed by atoms with van der Waals surface area (Å²) in [7, 11) is 0. The molecule has 2 saturated carbocycles. The van der Waals surface area contributed by atoms with Crippen LogP contribution < -0.4 is 10.6 Å². The third-order valence-corrected chi connectivity index (χ3v) is 6.91. The third kappa shape index (κ3) is 3.62. The predicted molar refractivity (Wildman–Crippen MR) is 104 cm³/mol. The monoisotopic (exact) mass is 376 g/mol. The van der Waals surface area contributed by atoms with Crippen LogP contribution in [0.15, 0.2) is 12.1 Å². The molecule has 0 aliphatic heterocycles. The van der Waals surface area contributed by atoms with Gasteiger partial charge in [0.05, 0.1) is 5.54 Å². The fourth-order valence-corrected chi connectivity index (χ4v) is 3.84. The maximum Gasteiger partial charge on any atom is 0.252 e. The highest BCUT2D eigenvalue weighted by atomic mass is 35.5. The van der Waals surface area contributed by atoms with Gasteiger partial charge in [-0.15, -0.1) is 0 Å². The Labute approximate surface area is 161 Å². The van der Waals surface area contributed by atoms with Gasteiger partial charge in [-0.25, -0.2) is 0 Å². The molecule has 0 saturated heterocycles. The first-order chi connectivity index (χ1) is 12.1. The molecule has 2 fully saturated rings. The molecule has 2 unspecified atom stereocenters. The minimum atomic E-state index is -0.296. The van der Waals surface area contributed by atoms with Crippen molar-refractivity contribution < 1.29 is 9.59 Å². The molecule has 2 aliphatic carbocycles. The number of hydrogen-bond donors (Lipinski definition) is 2. The van der Waals surface area contributed by atoms with Gasteiger partial charge in [0.25, 0.3) is 5.91 Å². The Morgan fingerprint density at radius 1 is 1.23 bits per heavy atom.